The molecule has 112 valence electrons. The summed E-state index contributed by atoms with van der Waals surface area (Å²) in [6.07, 6.45) is 5.18. The van der Waals surface area contributed by atoms with E-state index in [0.717, 1.165) is 12.1 Å². The number of halogens is 1. The van der Waals surface area contributed by atoms with E-state index in [1.54, 1.807) is 12.1 Å². The number of nitrogens with one attached hydrogen (secondary N) is 1. The Labute approximate surface area is 122 Å². The van der Waals surface area contributed by atoms with E-state index in [9.17, 15) is 4.39 Å². The van der Waals surface area contributed by atoms with Gasteiger partial charge in [-0.2, -0.15) is 0 Å². The molecule has 0 amide bonds. The first-order valence-corrected chi connectivity index (χ1v) is 7.81. The van der Waals surface area contributed by atoms with Crippen LogP contribution in [0.25, 0.3) is 0 Å². The lowest BCUT2D eigenvalue weighted by Crippen LogP contribution is -2.37. The van der Waals surface area contributed by atoms with Gasteiger partial charge in [0, 0.05) is 24.8 Å². The van der Waals surface area contributed by atoms with Crippen molar-refractivity contribution < 1.29 is 4.39 Å². The molecule has 0 spiro atoms. The second kappa shape index (κ2) is 7.07. The van der Waals surface area contributed by atoms with Crippen LogP contribution in [-0.4, -0.2) is 19.6 Å². The van der Waals surface area contributed by atoms with E-state index in [-0.39, 0.29) is 5.82 Å². The summed E-state index contributed by atoms with van der Waals surface area (Å²) in [5.41, 5.74) is 2.28. The van der Waals surface area contributed by atoms with Crippen molar-refractivity contribution in [3.8, 4) is 0 Å². The number of hydrogen-bond donors (Lipinski definition) is 1. The van der Waals surface area contributed by atoms with Crippen molar-refractivity contribution in [3.63, 3.8) is 0 Å². The van der Waals surface area contributed by atoms with E-state index in [0.29, 0.717) is 18.5 Å². The zero-order valence-electron chi connectivity index (χ0n) is 13.0. The van der Waals surface area contributed by atoms with Crippen molar-refractivity contribution in [2.75, 3.05) is 18.5 Å². The van der Waals surface area contributed by atoms with Crippen LogP contribution in [0.3, 0.4) is 0 Å². The smallest absolute Gasteiger partial charge is 0.123 e. The van der Waals surface area contributed by atoms with E-state index in [4.69, 9.17) is 0 Å². The van der Waals surface area contributed by atoms with Crippen molar-refractivity contribution >= 4 is 5.69 Å². The summed E-state index contributed by atoms with van der Waals surface area (Å²) in [6, 6.07) is 5.85. The van der Waals surface area contributed by atoms with E-state index in [1.807, 2.05) is 13.1 Å². The first-order chi connectivity index (χ1) is 9.61. The summed E-state index contributed by atoms with van der Waals surface area (Å²) in [4.78, 5) is 2.52. The normalized spacial score (nSPS) is 16.1. The highest BCUT2D eigenvalue weighted by molar-refractivity contribution is 5.55. The lowest BCUT2D eigenvalue weighted by molar-refractivity contribution is 0.532. The van der Waals surface area contributed by atoms with Gasteiger partial charge in [0.1, 0.15) is 5.82 Å². The number of rotatable bonds is 6. The van der Waals surface area contributed by atoms with Crippen LogP contribution >= 0.6 is 0 Å². The molecule has 3 heteroatoms. The molecule has 1 fully saturated rings. The van der Waals surface area contributed by atoms with E-state index >= 15 is 0 Å². The highest BCUT2D eigenvalue weighted by Crippen LogP contribution is 2.31. The van der Waals surface area contributed by atoms with Crippen LogP contribution in [0, 0.1) is 11.7 Å². The molecule has 0 heterocycles. The maximum absolute atomic E-state index is 13.5. The fourth-order valence-corrected chi connectivity index (χ4v) is 3.22. The molecule has 20 heavy (non-hydrogen) atoms. The lowest BCUT2D eigenvalue weighted by Gasteiger charge is -2.34. The summed E-state index contributed by atoms with van der Waals surface area (Å²) in [5.74, 6) is 0.470. The summed E-state index contributed by atoms with van der Waals surface area (Å²) < 4.78 is 13.5. The Morgan fingerprint density at radius 1 is 1.30 bits per heavy atom. The quantitative estimate of drug-likeness (QED) is 0.847. The van der Waals surface area contributed by atoms with Crippen molar-refractivity contribution in [1.29, 1.82) is 0 Å². The Morgan fingerprint density at radius 2 is 2.00 bits per heavy atom. The average molecular weight is 278 g/mol. The molecule has 1 aliphatic rings. The van der Waals surface area contributed by atoms with E-state index < -0.39 is 0 Å². The van der Waals surface area contributed by atoms with Gasteiger partial charge in [-0.05, 0) is 49.6 Å². The molecule has 1 saturated carbocycles. The van der Waals surface area contributed by atoms with E-state index in [1.165, 1.54) is 31.4 Å². The monoisotopic (exact) mass is 278 g/mol. The van der Waals surface area contributed by atoms with Gasteiger partial charge in [0.2, 0.25) is 0 Å². The van der Waals surface area contributed by atoms with Crippen molar-refractivity contribution in [3.05, 3.63) is 29.6 Å². The van der Waals surface area contributed by atoms with Crippen LogP contribution in [0.2, 0.25) is 0 Å². The third-order valence-electron chi connectivity index (χ3n) is 4.05. The third-order valence-corrected chi connectivity index (χ3v) is 4.05. The minimum atomic E-state index is -0.144. The van der Waals surface area contributed by atoms with Crippen LogP contribution in [0.4, 0.5) is 10.1 Å². The van der Waals surface area contributed by atoms with Gasteiger partial charge >= 0.3 is 0 Å². The lowest BCUT2D eigenvalue weighted by atomic mass is 10.1. The molecule has 0 atom stereocenters. The first kappa shape index (κ1) is 15.3. The predicted molar refractivity (Wildman–Crippen MR) is 83.6 cm³/mol. The van der Waals surface area contributed by atoms with Crippen LogP contribution in [-0.2, 0) is 6.54 Å². The molecule has 0 aromatic heterocycles. The van der Waals surface area contributed by atoms with Gasteiger partial charge in [0.25, 0.3) is 0 Å². The van der Waals surface area contributed by atoms with Gasteiger partial charge in [-0.25, -0.2) is 4.39 Å². The molecular formula is C17H27FN2. The predicted octanol–water partition coefficient (Wildman–Crippen LogP) is 3.95. The highest BCUT2D eigenvalue weighted by atomic mass is 19.1. The maximum Gasteiger partial charge on any atom is 0.123 e. The Bertz CT molecular complexity index is 425. The van der Waals surface area contributed by atoms with Crippen LogP contribution in [0.1, 0.15) is 45.1 Å². The molecule has 1 aromatic carbocycles. The van der Waals surface area contributed by atoms with Gasteiger partial charge in [0.05, 0.1) is 0 Å². The van der Waals surface area contributed by atoms with Gasteiger partial charge in [0.15, 0.2) is 0 Å². The zero-order chi connectivity index (χ0) is 14.5. The number of benzene rings is 1. The molecule has 2 rings (SSSR count). The van der Waals surface area contributed by atoms with Gasteiger partial charge in [-0.3, -0.25) is 0 Å². The van der Waals surface area contributed by atoms with Crippen LogP contribution < -0.4 is 10.2 Å². The maximum atomic E-state index is 13.5. The van der Waals surface area contributed by atoms with Crippen molar-refractivity contribution in [2.45, 2.75) is 52.1 Å². The molecule has 1 aliphatic carbocycles. The molecule has 0 radical (unpaired) electrons. The third kappa shape index (κ3) is 3.72. The number of hydrogen-bond acceptors (Lipinski definition) is 2. The molecule has 1 aromatic rings. The molecule has 1 N–H and O–H groups in total. The SMILES string of the molecule is CNCc1cc(F)ccc1N(CC(C)C)C1CCCC1. The second-order valence-corrected chi connectivity index (χ2v) is 6.29. The van der Waals surface area contributed by atoms with Crippen LogP contribution in [0.5, 0.6) is 0 Å². The second-order valence-electron chi connectivity index (χ2n) is 6.29. The highest BCUT2D eigenvalue weighted by Gasteiger charge is 2.25. The molecule has 0 aliphatic heterocycles. The number of nitrogens with zero attached hydrogens (tertiary/aromatic N) is 1. The fourth-order valence-electron chi connectivity index (χ4n) is 3.22. The molecule has 2 nitrogen and oxygen atoms in total. The molecule has 0 bridgehead atoms. The number of anilines is 1. The Hall–Kier alpha value is -1.09. The minimum absolute atomic E-state index is 0.144. The Kier molecular flexibility index (Phi) is 5.41. The first-order valence-electron chi connectivity index (χ1n) is 7.81. The van der Waals surface area contributed by atoms with Crippen molar-refractivity contribution in [1.82, 2.24) is 5.32 Å². The largest absolute Gasteiger partial charge is 0.368 e. The average Bonchev–Trinajstić information content (AvgIpc) is 2.90. The van der Waals surface area contributed by atoms with E-state index in [2.05, 4.69) is 24.1 Å². The molecule has 0 saturated heterocycles. The molecule has 0 unspecified atom stereocenters. The Morgan fingerprint density at radius 3 is 2.60 bits per heavy atom. The van der Waals surface area contributed by atoms with Gasteiger partial charge in [-0.15, -0.1) is 0 Å². The standard InChI is InChI=1S/C17H27FN2/c1-13(2)12-20(16-6-4-5-7-16)17-9-8-15(18)10-14(17)11-19-3/h8-10,13,16,19H,4-7,11-12H2,1-3H3. The Balaban J connectivity index is 2.31. The van der Waals surface area contributed by atoms with Crippen LogP contribution in [0.15, 0.2) is 18.2 Å². The van der Waals surface area contributed by atoms with Gasteiger partial charge in [-0.1, -0.05) is 26.7 Å². The topological polar surface area (TPSA) is 15.3 Å². The summed E-state index contributed by atoms with van der Waals surface area (Å²) in [6.45, 7) is 6.27. The fraction of sp³-hybridized carbons (Fsp3) is 0.647. The summed E-state index contributed by atoms with van der Waals surface area (Å²) >= 11 is 0. The molecular weight excluding hydrogens is 251 g/mol. The van der Waals surface area contributed by atoms with Crippen molar-refractivity contribution in [2.24, 2.45) is 5.92 Å². The summed E-state index contributed by atoms with van der Waals surface area (Å²) in [5, 5.41) is 3.16. The zero-order valence-corrected chi connectivity index (χ0v) is 13.0. The minimum Gasteiger partial charge on any atom is -0.368 e. The van der Waals surface area contributed by atoms with Gasteiger partial charge < -0.3 is 10.2 Å². The summed E-state index contributed by atoms with van der Waals surface area (Å²) in [7, 11) is 1.91.